The van der Waals surface area contributed by atoms with Gasteiger partial charge in [-0.25, -0.2) is 4.99 Å². The Balaban J connectivity index is 0.00000338. The molecule has 0 aliphatic heterocycles. The molecule has 2 rings (SSSR count). The van der Waals surface area contributed by atoms with E-state index in [4.69, 9.17) is 4.52 Å². The molecule has 26 heavy (non-hydrogen) atoms. The summed E-state index contributed by atoms with van der Waals surface area (Å²) in [5.41, 5.74) is 2.28. The van der Waals surface area contributed by atoms with Gasteiger partial charge in [0.05, 0.1) is 5.69 Å². The third-order valence-corrected chi connectivity index (χ3v) is 4.16. The molecular formula is C20H31IN4O. The Morgan fingerprint density at radius 2 is 1.88 bits per heavy atom. The second-order valence-corrected chi connectivity index (χ2v) is 7.17. The van der Waals surface area contributed by atoms with E-state index in [0.717, 1.165) is 30.5 Å². The standard InChI is InChI=1S/C20H30N4O.HI/c1-6-21-19(22-13-17-12-18(15(2)3)24-25-17)23-14-20(4,5)16-10-8-7-9-11-16;/h7-12,15H,6,13-14H2,1-5H3,(H2,21,22,23);1H. The Kier molecular flexibility index (Phi) is 9.12. The molecule has 0 saturated heterocycles. The summed E-state index contributed by atoms with van der Waals surface area (Å²) in [5, 5.41) is 10.8. The molecule has 0 bridgehead atoms. The van der Waals surface area contributed by atoms with Gasteiger partial charge in [0.15, 0.2) is 11.7 Å². The van der Waals surface area contributed by atoms with Crippen molar-refractivity contribution in [3.05, 3.63) is 53.4 Å². The summed E-state index contributed by atoms with van der Waals surface area (Å²) in [4.78, 5) is 4.61. The molecule has 0 fully saturated rings. The Morgan fingerprint density at radius 3 is 2.46 bits per heavy atom. The van der Waals surface area contributed by atoms with Gasteiger partial charge in [0, 0.05) is 24.6 Å². The minimum absolute atomic E-state index is 0. The van der Waals surface area contributed by atoms with Crippen LogP contribution in [-0.4, -0.2) is 24.2 Å². The van der Waals surface area contributed by atoms with E-state index >= 15 is 0 Å². The minimum atomic E-state index is 0. The Hall–Kier alpha value is -1.57. The topological polar surface area (TPSA) is 62.5 Å². The van der Waals surface area contributed by atoms with E-state index in [1.807, 2.05) is 12.1 Å². The fraction of sp³-hybridized carbons (Fsp3) is 0.500. The van der Waals surface area contributed by atoms with Crippen LogP contribution in [0.15, 0.2) is 45.9 Å². The number of aromatic nitrogens is 1. The van der Waals surface area contributed by atoms with Crippen molar-refractivity contribution in [2.45, 2.75) is 52.5 Å². The van der Waals surface area contributed by atoms with Gasteiger partial charge in [-0.2, -0.15) is 0 Å². The molecule has 0 unspecified atom stereocenters. The smallest absolute Gasteiger partial charge is 0.191 e. The van der Waals surface area contributed by atoms with Gasteiger partial charge in [0.2, 0.25) is 0 Å². The number of aliphatic imine (C=N–C) groups is 1. The van der Waals surface area contributed by atoms with Crippen LogP contribution in [-0.2, 0) is 12.0 Å². The van der Waals surface area contributed by atoms with Crippen molar-refractivity contribution in [3.63, 3.8) is 0 Å². The van der Waals surface area contributed by atoms with Gasteiger partial charge in [-0.3, -0.25) is 0 Å². The maximum Gasteiger partial charge on any atom is 0.191 e. The highest BCUT2D eigenvalue weighted by Gasteiger charge is 2.20. The zero-order chi connectivity index (χ0) is 18.3. The largest absolute Gasteiger partial charge is 0.359 e. The van der Waals surface area contributed by atoms with Crippen LogP contribution < -0.4 is 10.6 Å². The average Bonchev–Trinajstić information content (AvgIpc) is 3.07. The van der Waals surface area contributed by atoms with E-state index < -0.39 is 0 Å². The number of nitrogens with zero attached hydrogens (tertiary/aromatic N) is 2. The second kappa shape index (κ2) is 10.5. The SMILES string of the molecule is CCNC(=NCc1cc(C(C)C)no1)NCC(C)(C)c1ccccc1.I. The summed E-state index contributed by atoms with van der Waals surface area (Å²) < 4.78 is 5.36. The minimum Gasteiger partial charge on any atom is -0.359 e. The van der Waals surface area contributed by atoms with Crippen molar-refractivity contribution < 1.29 is 4.52 Å². The van der Waals surface area contributed by atoms with Crippen LogP contribution in [0.3, 0.4) is 0 Å². The quantitative estimate of drug-likeness (QED) is 0.357. The third kappa shape index (κ3) is 6.63. The van der Waals surface area contributed by atoms with Gasteiger partial charge in [0.25, 0.3) is 0 Å². The van der Waals surface area contributed by atoms with E-state index in [-0.39, 0.29) is 29.4 Å². The van der Waals surface area contributed by atoms with E-state index in [9.17, 15) is 0 Å². The molecule has 0 aliphatic rings. The van der Waals surface area contributed by atoms with Gasteiger partial charge in [0.1, 0.15) is 6.54 Å². The average molecular weight is 470 g/mol. The lowest BCUT2D eigenvalue weighted by molar-refractivity contribution is 0.376. The highest BCUT2D eigenvalue weighted by molar-refractivity contribution is 14.0. The molecule has 1 heterocycles. The molecule has 1 aromatic heterocycles. The number of halogens is 1. The highest BCUT2D eigenvalue weighted by Crippen LogP contribution is 2.21. The van der Waals surface area contributed by atoms with Gasteiger partial charge >= 0.3 is 0 Å². The van der Waals surface area contributed by atoms with Crippen LogP contribution in [0.1, 0.15) is 57.6 Å². The van der Waals surface area contributed by atoms with E-state index in [1.165, 1.54) is 5.56 Å². The van der Waals surface area contributed by atoms with Crippen LogP contribution in [0.2, 0.25) is 0 Å². The molecule has 0 aliphatic carbocycles. The van der Waals surface area contributed by atoms with Gasteiger partial charge in [-0.05, 0) is 18.4 Å². The Bertz CT molecular complexity index is 680. The summed E-state index contributed by atoms with van der Waals surface area (Å²) in [6.07, 6.45) is 0. The number of rotatable bonds is 7. The van der Waals surface area contributed by atoms with Crippen molar-refractivity contribution in [2.24, 2.45) is 4.99 Å². The van der Waals surface area contributed by atoms with E-state index in [2.05, 4.69) is 79.7 Å². The first-order chi connectivity index (χ1) is 11.9. The number of nitrogens with one attached hydrogen (secondary N) is 2. The molecule has 1 aromatic carbocycles. The molecule has 6 heteroatoms. The van der Waals surface area contributed by atoms with E-state index in [0.29, 0.717) is 12.5 Å². The van der Waals surface area contributed by atoms with Crippen LogP contribution in [0.25, 0.3) is 0 Å². The summed E-state index contributed by atoms with van der Waals surface area (Å²) >= 11 is 0. The molecule has 0 spiro atoms. The monoisotopic (exact) mass is 470 g/mol. The fourth-order valence-electron chi connectivity index (χ4n) is 2.47. The first-order valence-electron chi connectivity index (χ1n) is 8.95. The molecule has 144 valence electrons. The van der Waals surface area contributed by atoms with Crippen LogP contribution in [0, 0.1) is 0 Å². The zero-order valence-electron chi connectivity index (χ0n) is 16.4. The maximum absolute atomic E-state index is 5.36. The predicted octanol–water partition coefficient (Wildman–Crippen LogP) is 4.45. The summed E-state index contributed by atoms with van der Waals surface area (Å²) in [6, 6.07) is 12.5. The fourth-order valence-corrected chi connectivity index (χ4v) is 2.47. The van der Waals surface area contributed by atoms with Crippen LogP contribution >= 0.6 is 24.0 Å². The molecule has 0 saturated carbocycles. The molecule has 0 atom stereocenters. The zero-order valence-corrected chi connectivity index (χ0v) is 18.7. The third-order valence-electron chi connectivity index (χ3n) is 4.16. The number of hydrogen-bond acceptors (Lipinski definition) is 3. The lowest BCUT2D eigenvalue weighted by Gasteiger charge is -2.26. The lowest BCUT2D eigenvalue weighted by atomic mass is 9.85. The first-order valence-corrected chi connectivity index (χ1v) is 8.95. The van der Waals surface area contributed by atoms with E-state index in [1.54, 1.807) is 0 Å². The molecule has 0 radical (unpaired) electrons. The van der Waals surface area contributed by atoms with Gasteiger partial charge < -0.3 is 15.2 Å². The first kappa shape index (κ1) is 22.5. The Labute approximate surface area is 174 Å². The summed E-state index contributed by atoms with van der Waals surface area (Å²) in [5.74, 6) is 1.93. The van der Waals surface area contributed by atoms with Crippen molar-refractivity contribution in [1.29, 1.82) is 0 Å². The summed E-state index contributed by atoms with van der Waals surface area (Å²) in [6.45, 7) is 12.8. The normalized spacial score (nSPS) is 12.0. The van der Waals surface area contributed by atoms with Crippen molar-refractivity contribution >= 4 is 29.9 Å². The van der Waals surface area contributed by atoms with Gasteiger partial charge in [-0.15, -0.1) is 24.0 Å². The van der Waals surface area contributed by atoms with Crippen molar-refractivity contribution in [1.82, 2.24) is 15.8 Å². The molecule has 0 amide bonds. The van der Waals surface area contributed by atoms with Crippen LogP contribution in [0.4, 0.5) is 0 Å². The maximum atomic E-state index is 5.36. The molecule has 2 N–H and O–H groups in total. The number of guanidine groups is 1. The predicted molar refractivity (Wildman–Crippen MR) is 118 cm³/mol. The van der Waals surface area contributed by atoms with Gasteiger partial charge in [-0.1, -0.05) is 63.2 Å². The highest BCUT2D eigenvalue weighted by atomic mass is 127. The molecule has 5 nitrogen and oxygen atoms in total. The number of hydrogen-bond donors (Lipinski definition) is 2. The summed E-state index contributed by atoms with van der Waals surface area (Å²) in [7, 11) is 0. The van der Waals surface area contributed by atoms with Crippen LogP contribution in [0.5, 0.6) is 0 Å². The second-order valence-electron chi connectivity index (χ2n) is 7.17. The Morgan fingerprint density at radius 1 is 1.19 bits per heavy atom. The van der Waals surface area contributed by atoms with Crippen molar-refractivity contribution in [2.75, 3.05) is 13.1 Å². The van der Waals surface area contributed by atoms with Crippen molar-refractivity contribution in [3.8, 4) is 0 Å². The lowest BCUT2D eigenvalue weighted by Crippen LogP contribution is -2.43. The molecular weight excluding hydrogens is 439 g/mol. The number of benzene rings is 1. The molecule has 2 aromatic rings.